The predicted molar refractivity (Wildman–Crippen MR) is 72.2 cm³/mol. The van der Waals surface area contributed by atoms with Crippen molar-refractivity contribution < 1.29 is 18.3 Å². The van der Waals surface area contributed by atoms with E-state index in [4.69, 9.17) is 0 Å². The highest BCUT2D eigenvalue weighted by Gasteiger charge is 2.43. The molecule has 1 heterocycles. The molecule has 112 valence electrons. The second-order valence-corrected chi connectivity index (χ2v) is 5.45. The van der Waals surface area contributed by atoms with Crippen LogP contribution in [-0.2, 0) is 0 Å². The van der Waals surface area contributed by atoms with Crippen LogP contribution in [0.1, 0.15) is 32.1 Å². The first kappa shape index (κ1) is 13.9. The summed E-state index contributed by atoms with van der Waals surface area (Å²) in [4.78, 5) is 0. The van der Waals surface area contributed by atoms with Crippen molar-refractivity contribution in [3.8, 4) is 17.6 Å². The second kappa shape index (κ2) is 5.40. The molecule has 1 N–H and O–H groups in total. The summed E-state index contributed by atoms with van der Waals surface area (Å²) in [5.74, 6) is -0.00487. The van der Waals surface area contributed by atoms with Crippen molar-refractivity contribution in [2.24, 2.45) is 5.92 Å². The Hall–Kier alpha value is -2.03. The molecule has 0 amide bonds. The van der Waals surface area contributed by atoms with Crippen LogP contribution in [0.15, 0.2) is 18.2 Å². The molecule has 1 aliphatic heterocycles. The summed E-state index contributed by atoms with van der Waals surface area (Å²) in [5.41, 5.74) is 0.669. The van der Waals surface area contributed by atoms with E-state index in [2.05, 4.69) is 20.9 Å². The zero-order valence-corrected chi connectivity index (χ0v) is 11.4. The topological polar surface area (TPSA) is 54.3 Å². The fourth-order valence-corrected chi connectivity index (χ4v) is 2.89. The Morgan fingerprint density at radius 1 is 1.14 bits per heavy atom. The second-order valence-electron chi connectivity index (χ2n) is 5.45. The lowest BCUT2D eigenvalue weighted by Crippen LogP contribution is -2.27. The van der Waals surface area contributed by atoms with Crippen molar-refractivity contribution in [2.75, 3.05) is 5.32 Å². The average Bonchev–Trinajstić information content (AvgIpc) is 2.59. The summed E-state index contributed by atoms with van der Waals surface area (Å²) in [7, 11) is 0. The lowest BCUT2D eigenvalue weighted by atomic mass is 9.96. The maximum Gasteiger partial charge on any atom is 0.586 e. The number of halogens is 2. The van der Waals surface area contributed by atoms with E-state index in [0.717, 1.165) is 32.1 Å². The third-order valence-corrected chi connectivity index (χ3v) is 3.94. The first-order valence-corrected chi connectivity index (χ1v) is 7.13. The number of hydrogen-bond donors (Lipinski definition) is 1. The van der Waals surface area contributed by atoms with Gasteiger partial charge in [0.25, 0.3) is 0 Å². The molecule has 0 bridgehead atoms. The van der Waals surface area contributed by atoms with E-state index in [9.17, 15) is 14.0 Å². The van der Waals surface area contributed by atoms with E-state index in [0.29, 0.717) is 5.69 Å². The number of ether oxygens (including phenoxy) is 2. The smallest absolute Gasteiger partial charge is 0.395 e. The number of nitriles is 1. The average molecular weight is 294 g/mol. The van der Waals surface area contributed by atoms with E-state index < -0.39 is 6.29 Å². The molecule has 21 heavy (non-hydrogen) atoms. The van der Waals surface area contributed by atoms with E-state index >= 15 is 0 Å². The minimum absolute atomic E-state index is 0.0205. The van der Waals surface area contributed by atoms with Crippen molar-refractivity contribution in [3.05, 3.63) is 18.2 Å². The lowest BCUT2D eigenvalue weighted by Gasteiger charge is -2.22. The number of benzene rings is 1. The third-order valence-electron chi connectivity index (χ3n) is 3.94. The summed E-state index contributed by atoms with van der Waals surface area (Å²) >= 11 is 0. The first-order valence-electron chi connectivity index (χ1n) is 7.13. The highest BCUT2D eigenvalue weighted by atomic mass is 19.3. The summed E-state index contributed by atoms with van der Waals surface area (Å²) in [6.45, 7) is 0. The molecule has 0 saturated heterocycles. The summed E-state index contributed by atoms with van der Waals surface area (Å²) in [6, 6.07) is 7.00. The van der Waals surface area contributed by atoms with Gasteiger partial charge in [0, 0.05) is 17.8 Å². The van der Waals surface area contributed by atoms with Crippen LogP contribution < -0.4 is 14.8 Å². The third kappa shape index (κ3) is 3.02. The van der Waals surface area contributed by atoms with Gasteiger partial charge in [0.1, 0.15) is 0 Å². The summed E-state index contributed by atoms with van der Waals surface area (Å²) in [5, 5.41) is 12.5. The molecule has 2 atom stereocenters. The molecule has 3 rings (SSSR count). The number of fused-ring (bicyclic) bond motifs is 1. The van der Waals surface area contributed by atoms with Crippen molar-refractivity contribution in [1.29, 1.82) is 5.26 Å². The fourth-order valence-electron chi connectivity index (χ4n) is 2.89. The molecular formula is C15H16F2N2O2. The van der Waals surface area contributed by atoms with Crippen molar-refractivity contribution in [2.45, 2.75) is 44.4 Å². The number of nitrogens with one attached hydrogen (secondary N) is 1. The van der Waals surface area contributed by atoms with E-state index in [1.807, 2.05) is 0 Å². The van der Waals surface area contributed by atoms with E-state index in [1.54, 1.807) is 6.07 Å². The molecule has 0 spiro atoms. The van der Waals surface area contributed by atoms with Crippen LogP contribution >= 0.6 is 0 Å². The molecule has 6 heteroatoms. The summed E-state index contributed by atoms with van der Waals surface area (Å²) in [6.07, 6.45) is 1.43. The Morgan fingerprint density at radius 3 is 2.71 bits per heavy atom. The molecule has 1 saturated carbocycles. The number of hydrogen-bond acceptors (Lipinski definition) is 4. The first-order chi connectivity index (χ1) is 10.1. The zero-order chi connectivity index (χ0) is 14.9. The van der Waals surface area contributed by atoms with Crippen LogP contribution in [0.2, 0.25) is 0 Å². The predicted octanol–water partition coefficient (Wildman–Crippen LogP) is 3.89. The molecule has 2 unspecified atom stereocenters. The largest absolute Gasteiger partial charge is 0.586 e. The SMILES string of the molecule is N#CC1CCCCCC1Nc1ccc2c(c1)OC(F)(F)O2. The Morgan fingerprint density at radius 2 is 1.90 bits per heavy atom. The van der Waals surface area contributed by atoms with Crippen molar-refractivity contribution in [1.82, 2.24) is 0 Å². The fraction of sp³-hybridized carbons (Fsp3) is 0.533. The molecule has 4 nitrogen and oxygen atoms in total. The van der Waals surface area contributed by atoms with Crippen LogP contribution in [0, 0.1) is 17.2 Å². The van der Waals surface area contributed by atoms with Gasteiger partial charge < -0.3 is 14.8 Å². The molecular weight excluding hydrogens is 278 g/mol. The van der Waals surface area contributed by atoms with Gasteiger partial charge in [-0.3, -0.25) is 0 Å². The number of anilines is 1. The Balaban J connectivity index is 1.75. The minimum Gasteiger partial charge on any atom is -0.395 e. The van der Waals surface area contributed by atoms with Gasteiger partial charge in [0.15, 0.2) is 11.5 Å². The molecule has 0 radical (unpaired) electrons. The van der Waals surface area contributed by atoms with Crippen LogP contribution in [-0.4, -0.2) is 12.3 Å². The Kier molecular flexibility index (Phi) is 3.58. The molecule has 2 aliphatic rings. The van der Waals surface area contributed by atoms with Gasteiger partial charge in [-0.05, 0) is 25.0 Å². The maximum absolute atomic E-state index is 13.0. The highest BCUT2D eigenvalue weighted by molar-refractivity contribution is 5.56. The van der Waals surface area contributed by atoms with Crippen LogP contribution in [0.5, 0.6) is 11.5 Å². The number of nitrogens with zero attached hydrogens (tertiary/aromatic N) is 1. The highest BCUT2D eigenvalue weighted by Crippen LogP contribution is 2.42. The quantitative estimate of drug-likeness (QED) is 0.841. The Labute approximate surface area is 121 Å². The zero-order valence-electron chi connectivity index (χ0n) is 11.4. The minimum atomic E-state index is -3.60. The summed E-state index contributed by atoms with van der Waals surface area (Å²) < 4.78 is 34.8. The Bertz CT molecular complexity index is 571. The van der Waals surface area contributed by atoms with Crippen LogP contribution in [0.4, 0.5) is 14.5 Å². The van der Waals surface area contributed by atoms with Gasteiger partial charge >= 0.3 is 6.29 Å². The standard InChI is InChI=1S/C15H16F2N2O2/c16-15(17)20-13-7-6-11(8-14(13)21-15)19-12-5-3-1-2-4-10(12)9-18/h6-8,10,12,19H,1-5H2. The molecule has 1 aromatic rings. The van der Waals surface area contributed by atoms with E-state index in [-0.39, 0.29) is 23.5 Å². The van der Waals surface area contributed by atoms with Gasteiger partial charge in [-0.25, -0.2) is 0 Å². The van der Waals surface area contributed by atoms with Gasteiger partial charge in [-0.2, -0.15) is 5.26 Å². The van der Waals surface area contributed by atoms with Crippen LogP contribution in [0.25, 0.3) is 0 Å². The van der Waals surface area contributed by atoms with Crippen LogP contribution in [0.3, 0.4) is 0 Å². The molecule has 0 aromatic heterocycles. The number of rotatable bonds is 2. The molecule has 1 aromatic carbocycles. The normalized spacial score (nSPS) is 26.7. The lowest BCUT2D eigenvalue weighted by molar-refractivity contribution is -0.286. The number of alkyl halides is 2. The monoisotopic (exact) mass is 294 g/mol. The van der Waals surface area contributed by atoms with Gasteiger partial charge in [0.2, 0.25) is 0 Å². The molecule has 1 fully saturated rings. The van der Waals surface area contributed by atoms with Gasteiger partial charge in [0.05, 0.1) is 12.0 Å². The van der Waals surface area contributed by atoms with Gasteiger partial charge in [-0.15, -0.1) is 8.78 Å². The molecule has 1 aliphatic carbocycles. The van der Waals surface area contributed by atoms with Crippen molar-refractivity contribution >= 4 is 5.69 Å². The van der Waals surface area contributed by atoms with Crippen molar-refractivity contribution in [3.63, 3.8) is 0 Å². The maximum atomic E-state index is 13.0. The van der Waals surface area contributed by atoms with Gasteiger partial charge in [-0.1, -0.05) is 19.3 Å². The van der Waals surface area contributed by atoms with E-state index in [1.165, 1.54) is 12.1 Å².